The Labute approximate surface area is 166 Å². The summed E-state index contributed by atoms with van der Waals surface area (Å²) >= 11 is 0. The predicted molar refractivity (Wildman–Crippen MR) is 101 cm³/mol. The van der Waals surface area contributed by atoms with E-state index in [1.807, 2.05) is 0 Å². The lowest BCUT2D eigenvalue weighted by Gasteiger charge is -2.66. The van der Waals surface area contributed by atoms with E-state index in [1.54, 1.807) is 0 Å². The lowest BCUT2D eigenvalue weighted by molar-refractivity contribution is -0.261. The second-order valence-corrected chi connectivity index (χ2v) is 10.3. The topological polar surface area (TPSA) is 104 Å². The Morgan fingerprint density at radius 1 is 1.18 bits per heavy atom. The second-order valence-electron chi connectivity index (χ2n) is 10.3. The highest BCUT2D eigenvalue weighted by Crippen LogP contribution is 2.72. The maximum absolute atomic E-state index is 12.7. The molecule has 9 atom stereocenters. The lowest BCUT2D eigenvalue weighted by atomic mass is 9.39. The number of hydrogen-bond donors (Lipinski definition) is 3. The molecule has 4 rings (SSSR count). The van der Waals surface area contributed by atoms with Crippen LogP contribution < -0.4 is 0 Å². The number of aldehydes is 1. The summed E-state index contributed by atoms with van der Waals surface area (Å²) in [5.41, 5.74) is -1.73. The quantitative estimate of drug-likeness (QED) is 0.375. The Kier molecular flexibility index (Phi) is 4.39. The summed E-state index contributed by atoms with van der Waals surface area (Å²) in [7, 11) is 0. The minimum absolute atomic E-state index is 0.188. The van der Waals surface area contributed by atoms with Crippen molar-refractivity contribution in [2.45, 2.75) is 77.3 Å². The zero-order chi connectivity index (χ0) is 20.6. The molecule has 0 saturated heterocycles. The molecule has 3 N–H and O–H groups in total. The van der Waals surface area contributed by atoms with E-state index in [-0.39, 0.29) is 17.8 Å². The minimum atomic E-state index is -1.09. The largest absolute Gasteiger partial charge is 0.457 e. The number of esters is 1. The number of carbonyl (C=O) groups is 2. The first-order valence-electron chi connectivity index (χ1n) is 10.4. The van der Waals surface area contributed by atoms with Crippen molar-refractivity contribution < 1.29 is 29.6 Å². The van der Waals surface area contributed by atoms with Gasteiger partial charge in [0.05, 0.1) is 18.3 Å². The minimum Gasteiger partial charge on any atom is -0.457 e. The highest BCUT2D eigenvalue weighted by atomic mass is 16.5. The van der Waals surface area contributed by atoms with E-state index in [2.05, 4.69) is 20.4 Å². The molecule has 0 heterocycles. The molecule has 0 aliphatic heterocycles. The van der Waals surface area contributed by atoms with Crippen LogP contribution in [0.5, 0.6) is 0 Å². The highest BCUT2D eigenvalue weighted by Gasteiger charge is 2.76. The van der Waals surface area contributed by atoms with Gasteiger partial charge in [0, 0.05) is 35.5 Å². The van der Waals surface area contributed by atoms with Gasteiger partial charge < -0.3 is 24.9 Å². The number of carbonyl (C=O) groups excluding carboxylic acids is 2. The van der Waals surface area contributed by atoms with Crippen LogP contribution in [0.25, 0.3) is 0 Å². The van der Waals surface area contributed by atoms with Crippen LogP contribution >= 0.6 is 0 Å². The molecule has 156 valence electrons. The third kappa shape index (κ3) is 2.25. The molecule has 4 saturated carbocycles. The lowest BCUT2D eigenvalue weighted by Crippen LogP contribution is -2.70. The molecule has 0 aromatic carbocycles. The van der Waals surface area contributed by atoms with Crippen LogP contribution in [-0.2, 0) is 14.3 Å². The maximum atomic E-state index is 12.7. The third-order valence-electron chi connectivity index (χ3n) is 8.57. The Morgan fingerprint density at radius 2 is 1.86 bits per heavy atom. The van der Waals surface area contributed by atoms with Crippen molar-refractivity contribution in [3.63, 3.8) is 0 Å². The van der Waals surface area contributed by atoms with Gasteiger partial charge in [-0.3, -0.25) is 4.79 Å². The van der Waals surface area contributed by atoms with Crippen LogP contribution in [-0.4, -0.2) is 52.0 Å². The van der Waals surface area contributed by atoms with Gasteiger partial charge in [0.2, 0.25) is 0 Å². The van der Waals surface area contributed by atoms with Crippen molar-refractivity contribution in [3.05, 3.63) is 12.2 Å². The average molecular weight is 392 g/mol. The van der Waals surface area contributed by atoms with Crippen LogP contribution in [0.1, 0.15) is 52.9 Å². The molecule has 6 heteroatoms. The number of fused-ring (bicyclic) bond motifs is 3. The summed E-state index contributed by atoms with van der Waals surface area (Å²) in [6.45, 7) is 9.54. The van der Waals surface area contributed by atoms with Crippen molar-refractivity contribution >= 4 is 12.3 Å². The predicted octanol–water partition coefficient (Wildman–Crippen LogP) is 1.61. The first-order valence-corrected chi connectivity index (χ1v) is 10.4. The molecule has 0 radical (unpaired) electrons. The van der Waals surface area contributed by atoms with E-state index >= 15 is 0 Å². The van der Waals surface area contributed by atoms with Crippen LogP contribution in [0.4, 0.5) is 0 Å². The average Bonchev–Trinajstić information content (AvgIpc) is 2.71. The molecule has 4 aliphatic carbocycles. The molecule has 1 spiro atoms. The number of hydrogen-bond acceptors (Lipinski definition) is 6. The first-order chi connectivity index (χ1) is 13.0. The summed E-state index contributed by atoms with van der Waals surface area (Å²) in [5, 5.41) is 33.9. The number of rotatable bonds is 2. The normalized spacial score (nSPS) is 51.8. The van der Waals surface area contributed by atoms with Gasteiger partial charge in [-0.05, 0) is 36.7 Å². The molecule has 6 nitrogen and oxygen atoms in total. The van der Waals surface area contributed by atoms with Gasteiger partial charge in [0.1, 0.15) is 12.4 Å². The van der Waals surface area contributed by atoms with E-state index in [9.17, 15) is 24.9 Å². The first kappa shape index (κ1) is 20.0. The molecule has 28 heavy (non-hydrogen) atoms. The molecular formula is C22H32O6. The summed E-state index contributed by atoms with van der Waals surface area (Å²) in [6.07, 6.45) is 0.312. The summed E-state index contributed by atoms with van der Waals surface area (Å²) in [4.78, 5) is 24.6. The van der Waals surface area contributed by atoms with Crippen LogP contribution in [0.15, 0.2) is 12.2 Å². The Hall–Kier alpha value is -1.24. The van der Waals surface area contributed by atoms with Gasteiger partial charge in [-0.25, -0.2) is 0 Å². The van der Waals surface area contributed by atoms with Gasteiger partial charge >= 0.3 is 5.97 Å². The summed E-state index contributed by atoms with van der Waals surface area (Å²) in [6, 6.07) is 0. The fourth-order valence-corrected chi connectivity index (χ4v) is 8.02. The number of ether oxygens (including phenoxy) is 1. The molecule has 0 aromatic heterocycles. The molecule has 0 unspecified atom stereocenters. The van der Waals surface area contributed by atoms with Gasteiger partial charge in [-0.2, -0.15) is 0 Å². The van der Waals surface area contributed by atoms with Gasteiger partial charge in [-0.1, -0.05) is 26.8 Å². The van der Waals surface area contributed by atoms with Crippen LogP contribution in [0, 0.1) is 34.0 Å². The smallest absolute Gasteiger partial charge is 0.303 e. The van der Waals surface area contributed by atoms with E-state index in [1.165, 1.54) is 6.92 Å². The van der Waals surface area contributed by atoms with E-state index in [0.717, 1.165) is 19.1 Å². The fourth-order valence-electron chi connectivity index (χ4n) is 8.02. The molecule has 2 bridgehead atoms. The Bertz CT molecular complexity index is 716. The monoisotopic (exact) mass is 392 g/mol. The Morgan fingerprint density at radius 3 is 2.46 bits per heavy atom. The van der Waals surface area contributed by atoms with Crippen molar-refractivity contribution in [2.75, 3.05) is 0 Å². The number of aliphatic hydroxyl groups excluding tert-OH is 3. The van der Waals surface area contributed by atoms with Crippen LogP contribution in [0.2, 0.25) is 0 Å². The Balaban J connectivity index is 1.94. The standard InChI is InChI=1S/C22H32O6/c1-11-13-8-14(25)17-21(10-23)7-5-6-20(3,4)16(21)15(26)9-22(17,18(13)27)19(11)28-12(2)24/h10,13-19,25-27H,1,5-9H2,2-4H3/t13-,14-,15+,16+,17-,18+,19-,21-,22-/m0/s1. The van der Waals surface area contributed by atoms with E-state index in [0.29, 0.717) is 18.4 Å². The molecule has 4 fully saturated rings. The van der Waals surface area contributed by atoms with Gasteiger partial charge in [0.15, 0.2) is 0 Å². The van der Waals surface area contributed by atoms with Gasteiger partial charge in [0.25, 0.3) is 0 Å². The highest BCUT2D eigenvalue weighted by molar-refractivity contribution is 5.67. The van der Waals surface area contributed by atoms with Gasteiger partial charge in [-0.15, -0.1) is 0 Å². The van der Waals surface area contributed by atoms with Crippen molar-refractivity contribution in [2.24, 2.45) is 34.0 Å². The molecule has 0 aromatic rings. The van der Waals surface area contributed by atoms with E-state index < -0.39 is 53.1 Å². The van der Waals surface area contributed by atoms with Crippen molar-refractivity contribution in [1.29, 1.82) is 0 Å². The summed E-state index contributed by atoms with van der Waals surface area (Å²) in [5.74, 6) is -1.79. The third-order valence-corrected chi connectivity index (χ3v) is 8.57. The van der Waals surface area contributed by atoms with Crippen molar-refractivity contribution in [3.8, 4) is 0 Å². The zero-order valence-electron chi connectivity index (χ0n) is 16.9. The van der Waals surface area contributed by atoms with Crippen LogP contribution in [0.3, 0.4) is 0 Å². The zero-order valence-corrected chi connectivity index (χ0v) is 16.9. The van der Waals surface area contributed by atoms with E-state index in [4.69, 9.17) is 4.74 Å². The fraction of sp³-hybridized carbons (Fsp3) is 0.818. The second kappa shape index (κ2) is 6.13. The maximum Gasteiger partial charge on any atom is 0.303 e. The molecule has 4 aliphatic rings. The summed E-state index contributed by atoms with van der Waals surface area (Å²) < 4.78 is 5.65. The van der Waals surface area contributed by atoms with Crippen molar-refractivity contribution in [1.82, 2.24) is 0 Å². The molecular weight excluding hydrogens is 360 g/mol. The number of aliphatic hydroxyl groups is 3. The SMILES string of the molecule is C=C1[C@@H]2C[C@H](O)[C@H]3[C@]4(C=O)CCCC(C)(C)[C@H]4[C@H](O)C[C@]3([C@@H]2O)[C@H]1OC(C)=O. The molecule has 0 amide bonds.